The van der Waals surface area contributed by atoms with Gasteiger partial charge in [-0.05, 0) is 24.6 Å². The second-order valence-electron chi connectivity index (χ2n) is 5.29. The van der Waals surface area contributed by atoms with Crippen molar-refractivity contribution in [2.75, 3.05) is 11.9 Å². The maximum Gasteiger partial charge on any atom is 0.180 e. The van der Waals surface area contributed by atoms with E-state index in [-0.39, 0.29) is 0 Å². The molecule has 1 N–H and O–H groups in total. The molecule has 0 aliphatic heterocycles. The number of anilines is 1. The lowest BCUT2D eigenvalue weighted by molar-refractivity contribution is 0.305. The van der Waals surface area contributed by atoms with Crippen LogP contribution in [0.3, 0.4) is 0 Å². The van der Waals surface area contributed by atoms with Gasteiger partial charge in [-0.2, -0.15) is 0 Å². The van der Waals surface area contributed by atoms with Crippen molar-refractivity contribution in [3.63, 3.8) is 0 Å². The van der Waals surface area contributed by atoms with E-state index in [0.717, 1.165) is 34.6 Å². The molecular formula is C18H20N4OS. The minimum Gasteiger partial charge on any atom is -0.481 e. The lowest BCUT2D eigenvalue weighted by atomic mass is 10.3. The fraction of sp³-hybridized carbons (Fsp3) is 0.278. The smallest absolute Gasteiger partial charge is 0.180 e. The normalized spacial score (nSPS) is 10.7. The third-order valence-corrected chi connectivity index (χ3v) is 4.48. The van der Waals surface area contributed by atoms with Gasteiger partial charge in [-0.1, -0.05) is 32.1 Å². The molecule has 3 rings (SSSR count). The number of unbranched alkanes of at least 4 members (excludes halogenated alkanes) is 1. The van der Waals surface area contributed by atoms with Gasteiger partial charge in [0.05, 0.1) is 16.4 Å². The molecule has 0 atom stereocenters. The van der Waals surface area contributed by atoms with Crippen LogP contribution in [0.5, 0.6) is 5.75 Å². The summed E-state index contributed by atoms with van der Waals surface area (Å²) in [5.74, 6) is 1.92. The SMILES string of the molecule is C=Cc1ncc(OCc2nc3ccccc3s2)c(NCCCC)n1. The molecule has 0 radical (unpaired) electrons. The Kier molecular flexibility index (Phi) is 5.38. The van der Waals surface area contributed by atoms with Crippen LogP contribution in [0, 0.1) is 0 Å². The first-order valence-corrected chi connectivity index (χ1v) is 8.82. The summed E-state index contributed by atoms with van der Waals surface area (Å²) < 4.78 is 7.07. The Balaban J connectivity index is 1.74. The van der Waals surface area contributed by atoms with Crippen LogP contribution in [-0.4, -0.2) is 21.5 Å². The number of ether oxygens (including phenoxy) is 1. The second kappa shape index (κ2) is 7.88. The standard InChI is InChI=1S/C18H20N4OS/c1-3-5-10-19-18-14(11-20-16(4-2)22-18)23-12-17-21-13-8-6-7-9-15(13)24-17/h4,6-9,11H,2-3,5,10,12H2,1H3,(H,19,20,22). The number of hydrogen-bond acceptors (Lipinski definition) is 6. The van der Waals surface area contributed by atoms with Gasteiger partial charge in [0, 0.05) is 6.54 Å². The van der Waals surface area contributed by atoms with E-state index in [1.807, 2.05) is 18.2 Å². The minimum atomic E-state index is 0.401. The van der Waals surface area contributed by atoms with Gasteiger partial charge in [-0.15, -0.1) is 11.3 Å². The summed E-state index contributed by atoms with van der Waals surface area (Å²) in [6.45, 7) is 7.12. The van der Waals surface area contributed by atoms with Crippen LogP contribution < -0.4 is 10.1 Å². The van der Waals surface area contributed by atoms with Crippen molar-refractivity contribution in [1.82, 2.24) is 15.0 Å². The molecule has 0 saturated heterocycles. The average molecular weight is 340 g/mol. The second-order valence-corrected chi connectivity index (χ2v) is 6.40. The van der Waals surface area contributed by atoms with E-state index in [0.29, 0.717) is 24.0 Å². The third-order valence-electron chi connectivity index (χ3n) is 3.47. The maximum atomic E-state index is 5.91. The molecule has 6 heteroatoms. The van der Waals surface area contributed by atoms with Gasteiger partial charge in [0.2, 0.25) is 0 Å². The Bertz CT molecular complexity index is 798. The van der Waals surface area contributed by atoms with Crippen LogP contribution >= 0.6 is 11.3 Å². The van der Waals surface area contributed by atoms with Crippen molar-refractivity contribution in [2.24, 2.45) is 0 Å². The molecule has 0 aliphatic carbocycles. The van der Waals surface area contributed by atoms with Crippen LogP contribution in [0.25, 0.3) is 16.3 Å². The molecule has 1 aromatic carbocycles. The van der Waals surface area contributed by atoms with Crippen molar-refractivity contribution >= 4 is 33.4 Å². The zero-order chi connectivity index (χ0) is 16.8. The monoisotopic (exact) mass is 340 g/mol. The Labute approximate surface area is 145 Å². The molecule has 0 amide bonds. The van der Waals surface area contributed by atoms with E-state index >= 15 is 0 Å². The molecule has 24 heavy (non-hydrogen) atoms. The van der Waals surface area contributed by atoms with Gasteiger partial charge in [-0.25, -0.2) is 15.0 Å². The van der Waals surface area contributed by atoms with Gasteiger partial charge in [0.1, 0.15) is 11.6 Å². The zero-order valence-electron chi connectivity index (χ0n) is 13.7. The first-order chi connectivity index (χ1) is 11.8. The summed E-state index contributed by atoms with van der Waals surface area (Å²) in [6.07, 6.45) is 5.51. The molecular weight excluding hydrogens is 320 g/mol. The van der Waals surface area contributed by atoms with Gasteiger partial charge in [-0.3, -0.25) is 0 Å². The lowest BCUT2D eigenvalue weighted by Gasteiger charge is -2.11. The summed E-state index contributed by atoms with van der Waals surface area (Å²) in [5.41, 5.74) is 1.00. The molecule has 0 saturated carbocycles. The number of nitrogens with zero attached hydrogens (tertiary/aromatic N) is 3. The number of thiazole rings is 1. The van der Waals surface area contributed by atoms with Crippen molar-refractivity contribution in [3.05, 3.63) is 47.9 Å². The largest absolute Gasteiger partial charge is 0.481 e. The molecule has 0 aliphatic rings. The van der Waals surface area contributed by atoms with Gasteiger partial charge in [0.15, 0.2) is 17.4 Å². The summed E-state index contributed by atoms with van der Waals surface area (Å²) in [4.78, 5) is 13.2. The van der Waals surface area contributed by atoms with Crippen molar-refractivity contribution in [2.45, 2.75) is 26.4 Å². The maximum absolute atomic E-state index is 5.91. The highest BCUT2D eigenvalue weighted by atomic mass is 32.1. The summed E-state index contributed by atoms with van der Waals surface area (Å²) >= 11 is 1.64. The van der Waals surface area contributed by atoms with Crippen molar-refractivity contribution in [3.8, 4) is 5.75 Å². The van der Waals surface area contributed by atoms with Crippen LogP contribution in [-0.2, 0) is 6.61 Å². The molecule has 0 fully saturated rings. The Morgan fingerprint density at radius 3 is 2.96 bits per heavy atom. The van der Waals surface area contributed by atoms with Crippen molar-refractivity contribution < 1.29 is 4.74 Å². The highest BCUT2D eigenvalue weighted by Gasteiger charge is 2.09. The number of para-hydroxylation sites is 1. The van der Waals surface area contributed by atoms with Crippen molar-refractivity contribution in [1.29, 1.82) is 0 Å². The van der Waals surface area contributed by atoms with E-state index in [4.69, 9.17) is 4.74 Å². The fourth-order valence-corrected chi connectivity index (χ4v) is 3.10. The van der Waals surface area contributed by atoms with E-state index in [1.54, 1.807) is 23.6 Å². The molecule has 3 aromatic rings. The van der Waals surface area contributed by atoms with Crippen LogP contribution in [0.1, 0.15) is 30.6 Å². The predicted molar refractivity (Wildman–Crippen MR) is 99.5 cm³/mol. The average Bonchev–Trinajstić information content (AvgIpc) is 3.03. The Hall–Kier alpha value is -2.47. The number of rotatable bonds is 8. The molecule has 2 heterocycles. The predicted octanol–water partition coefficient (Wildman–Crippen LogP) is 4.52. The number of fused-ring (bicyclic) bond motifs is 1. The van der Waals surface area contributed by atoms with Crippen LogP contribution in [0.15, 0.2) is 37.0 Å². The summed E-state index contributed by atoms with van der Waals surface area (Å²) in [6, 6.07) is 8.08. The topological polar surface area (TPSA) is 59.9 Å². The number of benzene rings is 1. The third kappa shape index (κ3) is 3.89. The molecule has 5 nitrogen and oxygen atoms in total. The van der Waals surface area contributed by atoms with Crippen LogP contribution in [0.2, 0.25) is 0 Å². The Morgan fingerprint density at radius 2 is 2.17 bits per heavy atom. The number of nitrogens with one attached hydrogen (secondary N) is 1. The minimum absolute atomic E-state index is 0.401. The van der Waals surface area contributed by atoms with Gasteiger partial charge < -0.3 is 10.1 Å². The quantitative estimate of drug-likeness (QED) is 0.611. The molecule has 0 unspecified atom stereocenters. The number of aromatic nitrogens is 3. The number of hydrogen-bond donors (Lipinski definition) is 1. The summed E-state index contributed by atoms with van der Waals surface area (Å²) in [5, 5.41) is 4.24. The summed E-state index contributed by atoms with van der Waals surface area (Å²) in [7, 11) is 0. The first kappa shape index (κ1) is 16.4. The molecule has 124 valence electrons. The lowest BCUT2D eigenvalue weighted by Crippen LogP contribution is -2.07. The van der Waals surface area contributed by atoms with E-state index in [2.05, 4.69) is 39.8 Å². The first-order valence-electron chi connectivity index (χ1n) is 8.00. The van der Waals surface area contributed by atoms with Gasteiger partial charge >= 0.3 is 0 Å². The van der Waals surface area contributed by atoms with E-state index < -0.39 is 0 Å². The zero-order valence-corrected chi connectivity index (χ0v) is 14.5. The highest BCUT2D eigenvalue weighted by Crippen LogP contribution is 2.25. The Morgan fingerprint density at radius 1 is 1.29 bits per heavy atom. The van der Waals surface area contributed by atoms with Crippen LogP contribution in [0.4, 0.5) is 5.82 Å². The fourth-order valence-electron chi connectivity index (χ4n) is 2.22. The molecule has 0 spiro atoms. The highest BCUT2D eigenvalue weighted by molar-refractivity contribution is 7.18. The van der Waals surface area contributed by atoms with E-state index in [1.165, 1.54) is 0 Å². The molecule has 2 aromatic heterocycles. The molecule has 0 bridgehead atoms. The van der Waals surface area contributed by atoms with Gasteiger partial charge in [0.25, 0.3) is 0 Å². The van der Waals surface area contributed by atoms with E-state index in [9.17, 15) is 0 Å².